The molecule has 7 nitrogen and oxygen atoms in total. The molecule has 0 aliphatic carbocycles. The lowest BCUT2D eigenvalue weighted by molar-refractivity contribution is -0.117. The number of thioether (sulfide) groups is 1. The zero-order valence-electron chi connectivity index (χ0n) is 13.0. The van der Waals surface area contributed by atoms with E-state index < -0.39 is 11.9 Å². The van der Waals surface area contributed by atoms with Gasteiger partial charge in [-0.3, -0.25) is 10.1 Å². The van der Waals surface area contributed by atoms with Crippen LogP contribution in [0.2, 0.25) is 0 Å². The first-order valence-electron chi connectivity index (χ1n) is 7.38. The van der Waals surface area contributed by atoms with Gasteiger partial charge < -0.3 is 9.73 Å². The predicted octanol–water partition coefficient (Wildman–Crippen LogP) is 3.18. The normalized spacial score (nSPS) is 10.2. The molecular formula is C17H14N4O3S. The predicted molar refractivity (Wildman–Crippen MR) is 94.1 cm³/mol. The van der Waals surface area contributed by atoms with E-state index in [9.17, 15) is 9.59 Å². The molecule has 3 amide bonds. The molecule has 1 aromatic heterocycles. The van der Waals surface area contributed by atoms with E-state index in [-0.39, 0.29) is 11.0 Å². The average Bonchev–Trinajstić information content (AvgIpc) is 3.10. The second-order valence-electron chi connectivity index (χ2n) is 4.90. The summed E-state index contributed by atoms with van der Waals surface area (Å²) in [5, 5.41) is 12.9. The van der Waals surface area contributed by atoms with Crippen LogP contribution in [0, 0.1) is 0 Å². The molecule has 3 rings (SSSR count). The first-order valence-corrected chi connectivity index (χ1v) is 8.37. The largest absolute Gasteiger partial charge is 0.411 e. The molecule has 2 aromatic carbocycles. The molecule has 0 radical (unpaired) electrons. The minimum Gasteiger partial charge on any atom is -0.411 e. The van der Waals surface area contributed by atoms with Gasteiger partial charge in [0.1, 0.15) is 0 Å². The van der Waals surface area contributed by atoms with Crippen molar-refractivity contribution in [2.24, 2.45) is 0 Å². The highest BCUT2D eigenvalue weighted by Crippen LogP contribution is 2.22. The van der Waals surface area contributed by atoms with Crippen molar-refractivity contribution in [1.29, 1.82) is 0 Å². The number of imide groups is 1. The summed E-state index contributed by atoms with van der Waals surface area (Å²) in [5.74, 6) is -0.0956. The van der Waals surface area contributed by atoms with E-state index >= 15 is 0 Å². The van der Waals surface area contributed by atoms with Gasteiger partial charge in [-0.25, -0.2) is 4.79 Å². The number of amides is 3. The number of nitrogens with zero attached hydrogens (tertiary/aromatic N) is 2. The van der Waals surface area contributed by atoms with Crippen molar-refractivity contribution in [3.8, 4) is 11.5 Å². The van der Waals surface area contributed by atoms with Crippen LogP contribution in [0.25, 0.3) is 11.5 Å². The molecule has 8 heteroatoms. The highest BCUT2D eigenvalue weighted by molar-refractivity contribution is 7.99. The number of rotatable bonds is 5. The van der Waals surface area contributed by atoms with Crippen molar-refractivity contribution in [3.63, 3.8) is 0 Å². The molecule has 2 N–H and O–H groups in total. The van der Waals surface area contributed by atoms with E-state index in [4.69, 9.17) is 4.42 Å². The van der Waals surface area contributed by atoms with Gasteiger partial charge >= 0.3 is 6.03 Å². The van der Waals surface area contributed by atoms with Crippen molar-refractivity contribution in [1.82, 2.24) is 15.5 Å². The molecule has 3 aromatic rings. The summed E-state index contributed by atoms with van der Waals surface area (Å²) in [6, 6.07) is 17.6. The van der Waals surface area contributed by atoms with Crippen LogP contribution in [0.5, 0.6) is 0 Å². The Morgan fingerprint density at radius 2 is 1.64 bits per heavy atom. The quantitative estimate of drug-likeness (QED) is 0.683. The van der Waals surface area contributed by atoms with Crippen LogP contribution in [-0.2, 0) is 4.79 Å². The maximum absolute atomic E-state index is 11.8. The lowest BCUT2D eigenvalue weighted by Crippen LogP contribution is -2.35. The topological polar surface area (TPSA) is 97.1 Å². The Kier molecular flexibility index (Phi) is 5.43. The van der Waals surface area contributed by atoms with Crippen LogP contribution in [0.15, 0.2) is 70.3 Å². The Morgan fingerprint density at radius 1 is 0.960 bits per heavy atom. The van der Waals surface area contributed by atoms with E-state index in [1.165, 1.54) is 0 Å². The highest BCUT2D eigenvalue weighted by Gasteiger charge is 2.13. The summed E-state index contributed by atoms with van der Waals surface area (Å²) in [6.45, 7) is 0. The van der Waals surface area contributed by atoms with Crippen molar-refractivity contribution < 1.29 is 14.0 Å². The van der Waals surface area contributed by atoms with Gasteiger partial charge in [0, 0.05) is 11.3 Å². The number of benzene rings is 2. The summed E-state index contributed by atoms with van der Waals surface area (Å²) in [4.78, 5) is 23.5. The fourth-order valence-electron chi connectivity index (χ4n) is 1.94. The number of hydrogen-bond donors (Lipinski definition) is 2. The molecule has 0 aliphatic heterocycles. The number of hydrogen-bond acceptors (Lipinski definition) is 6. The van der Waals surface area contributed by atoms with Crippen molar-refractivity contribution in [3.05, 3.63) is 60.7 Å². The molecule has 0 aliphatic rings. The Bertz CT molecular complexity index is 853. The Hall–Kier alpha value is -3.13. The summed E-state index contributed by atoms with van der Waals surface area (Å²) in [6.07, 6.45) is 0. The van der Waals surface area contributed by atoms with Crippen molar-refractivity contribution >= 4 is 29.4 Å². The smallest absolute Gasteiger partial charge is 0.325 e. The molecular weight excluding hydrogens is 340 g/mol. The second-order valence-corrected chi connectivity index (χ2v) is 5.82. The first kappa shape index (κ1) is 16.7. The summed E-state index contributed by atoms with van der Waals surface area (Å²) in [7, 11) is 0. The third-order valence-electron chi connectivity index (χ3n) is 3.04. The zero-order valence-corrected chi connectivity index (χ0v) is 13.8. The summed E-state index contributed by atoms with van der Waals surface area (Å²) >= 11 is 1.06. The van der Waals surface area contributed by atoms with Gasteiger partial charge in [-0.15, -0.1) is 10.2 Å². The molecule has 0 unspecified atom stereocenters. The van der Waals surface area contributed by atoms with E-state index in [1.54, 1.807) is 24.3 Å². The molecule has 0 atom stereocenters. The van der Waals surface area contributed by atoms with E-state index in [0.717, 1.165) is 17.3 Å². The fraction of sp³-hybridized carbons (Fsp3) is 0.0588. The van der Waals surface area contributed by atoms with Gasteiger partial charge in [0.15, 0.2) is 0 Å². The van der Waals surface area contributed by atoms with Crippen LogP contribution in [0.4, 0.5) is 10.5 Å². The zero-order chi connectivity index (χ0) is 17.5. The molecule has 0 saturated carbocycles. The molecule has 0 bridgehead atoms. The summed E-state index contributed by atoms with van der Waals surface area (Å²) < 4.78 is 5.48. The summed E-state index contributed by atoms with van der Waals surface area (Å²) in [5.41, 5.74) is 1.40. The molecule has 25 heavy (non-hydrogen) atoms. The Balaban J connectivity index is 1.48. The van der Waals surface area contributed by atoms with Gasteiger partial charge in [-0.2, -0.15) is 0 Å². The number of anilines is 1. The third kappa shape index (κ3) is 4.92. The Morgan fingerprint density at radius 3 is 2.36 bits per heavy atom. The average molecular weight is 354 g/mol. The minimum absolute atomic E-state index is 0.0152. The van der Waals surface area contributed by atoms with Crippen LogP contribution in [0.1, 0.15) is 0 Å². The van der Waals surface area contributed by atoms with Crippen LogP contribution >= 0.6 is 11.8 Å². The number of carbonyl (C=O) groups excluding carboxylic acids is 2. The number of para-hydroxylation sites is 1. The number of aromatic nitrogens is 2. The molecule has 1 heterocycles. The lowest BCUT2D eigenvalue weighted by Gasteiger charge is -2.05. The van der Waals surface area contributed by atoms with Crippen LogP contribution in [-0.4, -0.2) is 27.9 Å². The van der Waals surface area contributed by atoms with Crippen LogP contribution in [0.3, 0.4) is 0 Å². The molecule has 126 valence electrons. The number of nitrogens with one attached hydrogen (secondary N) is 2. The van der Waals surface area contributed by atoms with E-state index in [2.05, 4.69) is 20.8 Å². The van der Waals surface area contributed by atoms with Crippen molar-refractivity contribution in [2.75, 3.05) is 11.1 Å². The standard InChI is InChI=1S/C17H14N4O3S/c22-14(19-16(23)18-13-9-5-2-6-10-13)11-25-17-21-20-15(24-17)12-7-3-1-4-8-12/h1-10H,11H2,(H2,18,19,22,23). The van der Waals surface area contributed by atoms with Gasteiger partial charge in [0.2, 0.25) is 11.8 Å². The van der Waals surface area contributed by atoms with Gasteiger partial charge in [-0.1, -0.05) is 48.2 Å². The van der Waals surface area contributed by atoms with E-state index in [1.807, 2.05) is 36.4 Å². The minimum atomic E-state index is -0.590. The maximum atomic E-state index is 11.8. The number of urea groups is 1. The molecule has 0 fully saturated rings. The van der Waals surface area contributed by atoms with E-state index in [0.29, 0.717) is 11.6 Å². The Labute approximate surface area is 147 Å². The number of carbonyl (C=O) groups is 2. The highest BCUT2D eigenvalue weighted by atomic mass is 32.2. The van der Waals surface area contributed by atoms with Crippen molar-refractivity contribution in [2.45, 2.75) is 5.22 Å². The fourth-order valence-corrected chi connectivity index (χ4v) is 2.50. The molecule has 0 spiro atoms. The second kappa shape index (κ2) is 8.11. The SMILES string of the molecule is O=C(CSc1nnc(-c2ccccc2)o1)NC(=O)Nc1ccccc1. The third-order valence-corrected chi connectivity index (χ3v) is 3.86. The van der Waals surface area contributed by atoms with Gasteiger partial charge in [0.05, 0.1) is 5.75 Å². The molecule has 0 saturated heterocycles. The monoisotopic (exact) mass is 354 g/mol. The van der Waals surface area contributed by atoms with Gasteiger partial charge in [0.25, 0.3) is 5.22 Å². The van der Waals surface area contributed by atoms with Crippen LogP contribution < -0.4 is 10.6 Å². The lowest BCUT2D eigenvalue weighted by atomic mass is 10.2. The van der Waals surface area contributed by atoms with Gasteiger partial charge in [-0.05, 0) is 24.3 Å². The maximum Gasteiger partial charge on any atom is 0.325 e. The first-order chi connectivity index (χ1) is 12.2.